The van der Waals surface area contributed by atoms with E-state index in [1.54, 1.807) is 0 Å². The van der Waals surface area contributed by atoms with E-state index in [9.17, 15) is 22.0 Å². The number of carbonyl (C=O) groups is 1. The van der Waals surface area contributed by atoms with Crippen molar-refractivity contribution in [3.8, 4) is 0 Å². The van der Waals surface area contributed by atoms with Crippen LogP contribution in [0.5, 0.6) is 0 Å². The van der Waals surface area contributed by atoms with Crippen LogP contribution in [-0.4, -0.2) is 50.0 Å². The van der Waals surface area contributed by atoms with Gasteiger partial charge in [0.2, 0.25) is 10.0 Å². The Bertz CT molecular complexity index is 642. The van der Waals surface area contributed by atoms with Gasteiger partial charge >= 0.3 is 5.97 Å². The van der Waals surface area contributed by atoms with Gasteiger partial charge in [-0.2, -0.15) is 4.31 Å². The van der Waals surface area contributed by atoms with Crippen LogP contribution in [0, 0.1) is 11.6 Å². The van der Waals surface area contributed by atoms with E-state index in [1.165, 1.54) is 0 Å². The lowest BCUT2D eigenvalue weighted by Crippen LogP contribution is -2.46. The molecule has 6 nitrogen and oxygen atoms in total. The number of carboxylic acids is 1. The molecule has 1 aromatic carbocycles. The predicted octanol–water partition coefficient (Wildman–Crippen LogP) is 0.257. The first-order valence-electron chi connectivity index (χ1n) is 5.77. The second kappa shape index (κ2) is 5.43. The number of piperazine rings is 1. The maximum atomic E-state index is 13.7. The summed E-state index contributed by atoms with van der Waals surface area (Å²) in [6, 6.07) is 1.09. The molecule has 0 radical (unpaired) electrons. The average molecular weight is 306 g/mol. The molecular weight excluding hydrogens is 294 g/mol. The lowest BCUT2D eigenvalue weighted by molar-refractivity contribution is 0.0696. The minimum atomic E-state index is -4.26. The van der Waals surface area contributed by atoms with Crippen molar-refractivity contribution in [2.75, 3.05) is 26.2 Å². The highest BCUT2D eigenvalue weighted by Crippen LogP contribution is 2.23. The SMILES string of the molecule is O=C(O)c1cc(F)c(F)c(S(=O)(=O)N2CCNCC2)c1. The first-order valence-corrected chi connectivity index (χ1v) is 7.21. The Morgan fingerprint density at radius 3 is 2.40 bits per heavy atom. The highest BCUT2D eigenvalue weighted by Gasteiger charge is 2.31. The minimum absolute atomic E-state index is 0.112. The predicted molar refractivity (Wildman–Crippen MR) is 64.9 cm³/mol. The highest BCUT2D eigenvalue weighted by atomic mass is 32.2. The second-order valence-electron chi connectivity index (χ2n) is 4.23. The summed E-state index contributed by atoms with van der Waals surface area (Å²) in [4.78, 5) is 9.86. The van der Waals surface area contributed by atoms with Gasteiger partial charge in [-0.3, -0.25) is 0 Å². The van der Waals surface area contributed by atoms with E-state index in [0.29, 0.717) is 25.2 Å². The van der Waals surface area contributed by atoms with Gasteiger partial charge in [-0.05, 0) is 12.1 Å². The van der Waals surface area contributed by atoms with Crippen LogP contribution in [0.3, 0.4) is 0 Å². The molecule has 0 aliphatic carbocycles. The van der Waals surface area contributed by atoms with Crippen molar-refractivity contribution < 1.29 is 27.1 Å². The van der Waals surface area contributed by atoms with Crippen LogP contribution in [-0.2, 0) is 10.0 Å². The van der Waals surface area contributed by atoms with Crippen LogP contribution in [0.15, 0.2) is 17.0 Å². The number of carboxylic acid groups (broad SMARTS) is 1. The molecule has 1 saturated heterocycles. The van der Waals surface area contributed by atoms with Gasteiger partial charge in [-0.15, -0.1) is 0 Å². The number of nitrogens with zero attached hydrogens (tertiary/aromatic N) is 1. The Morgan fingerprint density at radius 2 is 1.85 bits per heavy atom. The second-order valence-corrected chi connectivity index (χ2v) is 6.14. The third kappa shape index (κ3) is 2.65. The fraction of sp³-hybridized carbons (Fsp3) is 0.364. The largest absolute Gasteiger partial charge is 0.478 e. The van der Waals surface area contributed by atoms with E-state index >= 15 is 0 Å². The summed E-state index contributed by atoms with van der Waals surface area (Å²) in [6.45, 7) is 1.01. The van der Waals surface area contributed by atoms with Crippen LogP contribution in [0.2, 0.25) is 0 Å². The Kier molecular flexibility index (Phi) is 4.02. The summed E-state index contributed by atoms with van der Waals surface area (Å²) in [5, 5.41) is 11.7. The highest BCUT2D eigenvalue weighted by molar-refractivity contribution is 7.89. The zero-order valence-corrected chi connectivity index (χ0v) is 11.1. The molecule has 2 rings (SSSR count). The zero-order chi connectivity index (χ0) is 14.9. The molecule has 0 aromatic heterocycles. The quantitative estimate of drug-likeness (QED) is 0.836. The smallest absolute Gasteiger partial charge is 0.335 e. The Labute approximate surface area is 114 Å². The molecule has 0 bridgehead atoms. The number of halogens is 2. The van der Waals surface area contributed by atoms with E-state index in [1.807, 2.05) is 0 Å². The third-order valence-corrected chi connectivity index (χ3v) is 4.83. The molecule has 0 unspecified atom stereocenters. The molecule has 0 amide bonds. The van der Waals surface area contributed by atoms with Crippen molar-refractivity contribution in [1.29, 1.82) is 0 Å². The standard InChI is InChI=1S/C11H12F2N2O4S/c12-8-5-7(11(16)17)6-9(10(8)13)20(18,19)15-3-1-14-2-4-15/h5-6,14H,1-4H2,(H,16,17). The molecule has 1 aliphatic rings. The average Bonchev–Trinajstić information content (AvgIpc) is 2.42. The Morgan fingerprint density at radius 1 is 1.25 bits per heavy atom. The summed E-state index contributed by atoms with van der Waals surface area (Å²) in [5.41, 5.74) is -0.613. The number of benzene rings is 1. The van der Waals surface area contributed by atoms with Crippen molar-refractivity contribution in [3.05, 3.63) is 29.3 Å². The molecule has 1 aliphatic heterocycles. The summed E-state index contributed by atoms with van der Waals surface area (Å²) in [5.74, 6) is -4.59. The van der Waals surface area contributed by atoms with Crippen molar-refractivity contribution in [2.45, 2.75) is 4.90 Å². The number of rotatable bonds is 3. The molecule has 1 heterocycles. The number of hydrogen-bond donors (Lipinski definition) is 2. The van der Waals surface area contributed by atoms with E-state index < -0.39 is 38.1 Å². The third-order valence-electron chi connectivity index (χ3n) is 2.94. The van der Waals surface area contributed by atoms with Crippen molar-refractivity contribution in [1.82, 2.24) is 9.62 Å². The van der Waals surface area contributed by atoms with Gasteiger partial charge in [-0.1, -0.05) is 0 Å². The summed E-state index contributed by atoms with van der Waals surface area (Å²) >= 11 is 0. The Balaban J connectivity index is 2.52. The van der Waals surface area contributed by atoms with Crippen LogP contribution in [0.4, 0.5) is 8.78 Å². The first kappa shape index (κ1) is 14.8. The van der Waals surface area contributed by atoms with Crippen LogP contribution in [0.1, 0.15) is 10.4 Å². The van der Waals surface area contributed by atoms with E-state index in [4.69, 9.17) is 5.11 Å². The molecule has 0 atom stereocenters. The monoisotopic (exact) mass is 306 g/mol. The Hall–Kier alpha value is -1.58. The molecule has 1 fully saturated rings. The maximum absolute atomic E-state index is 13.7. The lowest BCUT2D eigenvalue weighted by Gasteiger charge is -2.26. The molecule has 110 valence electrons. The van der Waals surface area contributed by atoms with Gasteiger partial charge in [0.15, 0.2) is 11.6 Å². The first-order chi connectivity index (χ1) is 9.34. The topological polar surface area (TPSA) is 86.7 Å². The van der Waals surface area contributed by atoms with E-state index in [2.05, 4.69) is 5.32 Å². The maximum Gasteiger partial charge on any atom is 0.335 e. The summed E-state index contributed by atoms with van der Waals surface area (Å²) in [6.07, 6.45) is 0. The molecular formula is C11H12F2N2O4S. The van der Waals surface area contributed by atoms with Gasteiger partial charge in [0, 0.05) is 26.2 Å². The number of nitrogens with one attached hydrogen (secondary N) is 1. The van der Waals surface area contributed by atoms with Crippen LogP contribution >= 0.6 is 0 Å². The molecule has 0 spiro atoms. The van der Waals surface area contributed by atoms with E-state index in [-0.39, 0.29) is 13.1 Å². The number of sulfonamides is 1. The van der Waals surface area contributed by atoms with Gasteiger partial charge in [0.05, 0.1) is 5.56 Å². The minimum Gasteiger partial charge on any atom is -0.478 e. The summed E-state index contributed by atoms with van der Waals surface area (Å²) in [7, 11) is -4.26. The normalized spacial score (nSPS) is 17.1. The fourth-order valence-corrected chi connectivity index (χ4v) is 3.44. The summed E-state index contributed by atoms with van der Waals surface area (Å²) < 4.78 is 52.5. The number of aromatic carboxylic acids is 1. The molecule has 1 aromatic rings. The van der Waals surface area contributed by atoms with E-state index in [0.717, 1.165) is 4.31 Å². The van der Waals surface area contributed by atoms with Crippen LogP contribution < -0.4 is 5.32 Å². The zero-order valence-electron chi connectivity index (χ0n) is 10.3. The molecule has 20 heavy (non-hydrogen) atoms. The van der Waals surface area contributed by atoms with Gasteiger partial charge in [0.1, 0.15) is 4.90 Å². The van der Waals surface area contributed by atoms with Crippen molar-refractivity contribution >= 4 is 16.0 Å². The van der Waals surface area contributed by atoms with Crippen molar-refractivity contribution in [3.63, 3.8) is 0 Å². The molecule has 2 N–H and O–H groups in total. The van der Waals surface area contributed by atoms with Crippen LogP contribution in [0.25, 0.3) is 0 Å². The van der Waals surface area contributed by atoms with Gasteiger partial charge in [0.25, 0.3) is 0 Å². The van der Waals surface area contributed by atoms with Gasteiger partial charge < -0.3 is 10.4 Å². The fourth-order valence-electron chi connectivity index (χ4n) is 1.90. The molecule has 9 heteroatoms. The number of hydrogen-bond acceptors (Lipinski definition) is 4. The lowest BCUT2D eigenvalue weighted by atomic mass is 10.2. The molecule has 0 saturated carbocycles. The van der Waals surface area contributed by atoms with Crippen molar-refractivity contribution in [2.24, 2.45) is 0 Å². The van der Waals surface area contributed by atoms with Gasteiger partial charge in [-0.25, -0.2) is 22.0 Å².